The van der Waals surface area contributed by atoms with Crippen LogP contribution in [0.5, 0.6) is 5.75 Å². The molecule has 0 heterocycles. The number of aromatic hydroxyl groups is 1. The van der Waals surface area contributed by atoms with Gasteiger partial charge in [0.05, 0.1) is 0 Å². The highest BCUT2D eigenvalue weighted by atomic mass is 16.9. The van der Waals surface area contributed by atoms with E-state index in [1.807, 2.05) is 6.07 Å². The number of aryl methyl sites for hydroxylation is 2. The Balaban J connectivity index is 2.63. The minimum Gasteiger partial charge on any atom is -0.508 e. The molecule has 0 amide bonds. The molecule has 4 heteroatoms. The Hall–Kier alpha value is -1.10. The summed E-state index contributed by atoms with van der Waals surface area (Å²) in [4.78, 5) is 0. The molecule has 27 heavy (non-hydrogen) atoms. The Morgan fingerprint density at radius 1 is 0.889 bits per heavy atom. The van der Waals surface area contributed by atoms with E-state index in [9.17, 15) is 5.11 Å². The van der Waals surface area contributed by atoms with Gasteiger partial charge in [0.2, 0.25) is 0 Å². The summed E-state index contributed by atoms with van der Waals surface area (Å²) < 4.78 is 16.9. The fourth-order valence-electron chi connectivity index (χ4n) is 3.87. The van der Waals surface area contributed by atoms with E-state index in [-0.39, 0.29) is 5.92 Å². The van der Waals surface area contributed by atoms with Crippen molar-refractivity contribution in [2.24, 2.45) is 5.92 Å². The lowest BCUT2D eigenvalue weighted by Gasteiger charge is -2.36. The average Bonchev–Trinajstić information content (AvgIpc) is 2.68. The first-order valence-electron chi connectivity index (χ1n) is 10.5. The molecule has 1 unspecified atom stereocenters. The van der Waals surface area contributed by atoms with Crippen molar-refractivity contribution in [2.75, 3.05) is 21.3 Å². The molecular weight excluding hydrogens is 340 g/mol. The van der Waals surface area contributed by atoms with Crippen LogP contribution in [0.15, 0.2) is 18.2 Å². The molecule has 1 aromatic rings. The maximum Gasteiger partial charge on any atom is 0.285 e. The van der Waals surface area contributed by atoms with Crippen LogP contribution in [-0.4, -0.2) is 32.4 Å². The summed E-state index contributed by atoms with van der Waals surface area (Å²) in [6, 6.07) is 5.78. The zero-order valence-corrected chi connectivity index (χ0v) is 18.1. The molecule has 0 aliphatic rings. The predicted molar refractivity (Wildman–Crippen MR) is 111 cm³/mol. The van der Waals surface area contributed by atoms with Gasteiger partial charge < -0.3 is 19.3 Å². The molecule has 156 valence electrons. The van der Waals surface area contributed by atoms with E-state index in [4.69, 9.17) is 14.2 Å². The molecule has 0 aromatic heterocycles. The number of ether oxygens (including phenoxy) is 3. The second kappa shape index (κ2) is 13.1. The van der Waals surface area contributed by atoms with E-state index in [2.05, 4.69) is 19.9 Å². The Labute approximate surface area is 166 Å². The molecule has 0 spiro atoms. The lowest BCUT2D eigenvalue weighted by Crippen LogP contribution is -2.44. The zero-order valence-electron chi connectivity index (χ0n) is 18.1. The largest absolute Gasteiger partial charge is 0.508 e. The van der Waals surface area contributed by atoms with Gasteiger partial charge in [-0.25, -0.2) is 0 Å². The van der Waals surface area contributed by atoms with E-state index < -0.39 is 5.97 Å². The normalized spacial score (nSPS) is 13.1. The molecule has 4 nitrogen and oxygen atoms in total. The summed E-state index contributed by atoms with van der Waals surface area (Å²) in [5, 5.41) is 10.1. The Bertz CT molecular complexity index is 503. The number of phenols is 1. The van der Waals surface area contributed by atoms with Crippen molar-refractivity contribution in [1.82, 2.24) is 0 Å². The molecule has 1 atom stereocenters. The third-order valence-corrected chi connectivity index (χ3v) is 5.49. The van der Waals surface area contributed by atoms with Crippen LogP contribution in [0.4, 0.5) is 0 Å². The first-order chi connectivity index (χ1) is 13.0. The van der Waals surface area contributed by atoms with Gasteiger partial charge in [0.15, 0.2) is 0 Å². The lowest BCUT2D eigenvalue weighted by molar-refractivity contribution is -0.380. The summed E-state index contributed by atoms with van der Waals surface area (Å²) in [6.45, 7) is 4.29. The lowest BCUT2D eigenvalue weighted by atomic mass is 9.91. The van der Waals surface area contributed by atoms with Crippen LogP contribution >= 0.6 is 0 Å². The van der Waals surface area contributed by atoms with Crippen LogP contribution in [0.25, 0.3) is 0 Å². The molecule has 0 aliphatic carbocycles. The number of phenolic OH excluding ortho intramolecular Hbond substituents is 1. The standard InChI is InChI=1S/C23H40O4/c1-6-7-8-9-10-11-14-21(23(25-3,26-4)27-5)15-12-13-20-18-19(2)16-17-22(20)24/h16-18,21,24H,6-15H2,1-5H3. The van der Waals surface area contributed by atoms with E-state index in [1.54, 1.807) is 27.4 Å². The van der Waals surface area contributed by atoms with E-state index >= 15 is 0 Å². The topological polar surface area (TPSA) is 47.9 Å². The van der Waals surface area contributed by atoms with Crippen molar-refractivity contribution in [3.63, 3.8) is 0 Å². The van der Waals surface area contributed by atoms with Crippen molar-refractivity contribution >= 4 is 0 Å². The zero-order chi connectivity index (χ0) is 20.1. The summed E-state index contributed by atoms with van der Waals surface area (Å²) in [5.41, 5.74) is 2.18. The molecule has 1 aromatic carbocycles. The molecule has 0 saturated carbocycles. The maximum absolute atomic E-state index is 10.1. The highest BCUT2D eigenvalue weighted by Crippen LogP contribution is 2.33. The summed E-state index contributed by atoms with van der Waals surface area (Å²) in [6.07, 6.45) is 11.3. The van der Waals surface area contributed by atoms with Gasteiger partial charge in [-0.3, -0.25) is 0 Å². The first-order valence-corrected chi connectivity index (χ1v) is 10.5. The quantitative estimate of drug-likeness (QED) is 0.300. The molecule has 0 fully saturated rings. The van der Waals surface area contributed by atoms with Gasteiger partial charge in [0.1, 0.15) is 5.75 Å². The van der Waals surface area contributed by atoms with Crippen LogP contribution in [0.2, 0.25) is 0 Å². The summed E-state index contributed by atoms with van der Waals surface area (Å²) >= 11 is 0. The molecule has 0 bridgehead atoms. The van der Waals surface area contributed by atoms with E-state index in [0.717, 1.165) is 37.7 Å². The monoisotopic (exact) mass is 380 g/mol. The Morgan fingerprint density at radius 3 is 2.11 bits per heavy atom. The number of rotatable bonds is 15. The SMILES string of the molecule is CCCCCCCCC(CCCc1cc(C)ccc1O)C(OC)(OC)OC. The number of methoxy groups -OCH3 is 3. The smallest absolute Gasteiger partial charge is 0.285 e. The molecule has 0 aliphatic heterocycles. The average molecular weight is 381 g/mol. The second-order valence-electron chi connectivity index (χ2n) is 7.49. The van der Waals surface area contributed by atoms with Crippen LogP contribution in [0.3, 0.4) is 0 Å². The number of benzene rings is 1. The first kappa shape index (κ1) is 23.9. The maximum atomic E-state index is 10.1. The molecule has 1 rings (SSSR count). The second-order valence-corrected chi connectivity index (χ2v) is 7.49. The number of unbranched alkanes of at least 4 members (excludes halogenated alkanes) is 5. The Kier molecular flexibility index (Phi) is 11.7. The Morgan fingerprint density at radius 2 is 1.48 bits per heavy atom. The predicted octanol–water partition coefficient (Wildman–Crippen LogP) is 5.98. The highest BCUT2D eigenvalue weighted by molar-refractivity contribution is 5.35. The minimum atomic E-state index is -0.988. The van der Waals surface area contributed by atoms with E-state index in [1.165, 1.54) is 37.7 Å². The molecule has 0 saturated heterocycles. The van der Waals surface area contributed by atoms with Gasteiger partial charge in [0, 0.05) is 27.2 Å². The van der Waals surface area contributed by atoms with Crippen LogP contribution < -0.4 is 0 Å². The van der Waals surface area contributed by atoms with Gasteiger partial charge in [-0.2, -0.15) is 0 Å². The van der Waals surface area contributed by atoms with Gasteiger partial charge >= 0.3 is 0 Å². The van der Waals surface area contributed by atoms with E-state index in [0.29, 0.717) is 5.75 Å². The molecule has 0 radical (unpaired) electrons. The van der Waals surface area contributed by atoms with Crippen molar-refractivity contribution in [2.45, 2.75) is 84.0 Å². The van der Waals surface area contributed by atoms with Crippen LogP contribution in [0, 0.1) is 12.8 Å². The highest BCUT2D eigenvalue weighted by Gasteiger charge is 2.39. The van der Waals surface area contributed by atoms with Gasteiger partial charge in [-0.15, -0.1) is 0 Å². The van der Waals surface area contributed by atoms with Gasteiger partial charge in [-0.05, 0) is 44.2 Å². The fourth-order valence-corrected chi connectivity index (χ4v) is 3.87. The van der Waals surface area contributed by atoms with Crippen LogP contribution in [-0.2, 0) is 20.6 Å². The van der Waals surface area contributed by atoms with Crippen molar-refractivity contribution in [3.05, 3.63) is 29.3 Å². The van der Waals surface area contributed by atoms with Gasteiger partial charge in [0.25, 0.3) is 5.97 Å². The number of hydrogen-bond donors (Lipinski definition) is 1. The molecule has 1 N–H and O–H groups in total. The summed E-state index contributed by atoms with van der Waals surface area (Å²) in [7, 11) is 4.94. The fraction of sp³-hybridized carbons (Fsp3) is 0.739. The van der Waals surface area contributed by atoms with Crippen molar-refractivity contribution < 1.29 is 19.3 Å². The van der Waals surface area contributed by atoms with Crippen molar-refractivity contribution in [3.8, 4) is 5.75 Å². The number of hydrogen-bond acceptors (Lipinski definition) is 4. The third kappa shape index (κ3) is 7.81. The summed E-state index contributed by atoms with van der Waals surface area (Å²) in [5.74, 6) is -0.446. The van der Waals surface area contributed by atoms with Gasteiger partial charge in [-0.1, -0.05) is 63.1 Å². The van der Waals surface area contributed by atoms with Crippen LogP contribution in [0.1, 0.15) is 75.8 Å². The third-order valence-electron chi connectivity index (χ3n) is 5.49. The van der Waals surface area contributed by atoms with Crippen molar-refractivity contribution in [1.29, 1.82) is 0 Å². The molecular formula is C23H40O4. The minimum absolute atomic E-state index is 0.163.